The molecule has 3 fully saturated rings. The Hall–Kier alpha value is -5.48. The van der Waals surface area contributed by atoms with Crippen molar-refractivity contribution >= 4 is 35.4 Å². The Labute approximate surface area is 286 Å². The highest BCUT2D eigenvalue weighted by Gasteiger charge is 2.63. The predicted molar refractivity (Wildman–Crippen MR) is 174 cm³/mol. The van der Waals surface area contributed by atoms with Crippen molar-refractivity contribution in [3.63, 3.8) is 0 Å². The van der Waals surface area contributed by atoms with Gasteiger partial charge in [0.1, 0.15) is 5.54 Å². The van der Waals surface area contributed by atoms with Crippen LogP contribution in [0.5, 0.6) is 23.0 Å². The number of carboxylic acid groups (broad SMARTS) is 2. The van der Waals surface area contributed by atoms with Crippen LogP contribution in [0.25, 0.3) is 0 Å². The Morgan fingerprint density at radius 3 is 1.98 bits per heavy atom. The molecule has 5 heterocycles. The molecule has 0 aliphatic carbocycles. The SMILES string of the molecule is C=C1C[C@H]2C(O)N(C(=O)O)c3cc(OCCCOc4cc5c(cc4OC)C(=O)N4CC(=C)C[C@]46COC6N5C(=O)O)c(OC)cc3C(=O)N2C1. The number of aliphatic hydroxyl groups excluding tert-OH is 1. The molecule has 0 bridgehead atoms. The molecule has 2 unspecified atom stereocenters. The molecule has 4 atom stereocenters. The minimum atomic E-state index is -1.53. The lowest BCUT2D eigenvalue weighted by atomic mass is 9.88. The summed E-state index contributed by atoms with van der Waals surface area (Å²) in [5.41, 5.74) is 0.904. The number of rotatable bonds is 8. The zero-order valence-electron chi connectivity index (χ0n) is 27.4. The number of carbonyl (C=O) groups is 4. The van der Waals surface area contributed by atoms with E-state index in [1.165, 1.54) is 43.4 Å². The lowest BCUT2D eigenvalue weighted by Crippen LogP contribution is -2.71. The van der Waals surface area contributed by atoms with Gasteiger partial charge in [0.25, 0.3) is 11.8 Å². The van der Waals surface area contributed by atoms with Gasteiger partial charge < -0.3 is 48.8 Å². The van der Waals surface area contributed by atoms with E-state index in [2.05, 4.69) is 13.2 Å². The van der Waals surface area contributed by atoms with Crippen LogP contribution in [-0.4, -0.2) is 120 Å². The lowest BCUT2D eigenvalue weighted by molar-refractivity contribution is -0.172. The van der Waals surface area contributed by atoms with Crippen molar-refractivity contribution in [2.75, 3.05) is 56.9 Å². The number of hydrogen-bond acceptors (Lipinski definition) is 10. The molecule has 2 aromatic carbocycles. The average Bonchev–Trinajstić information content (AvgIpc) is 3.63. The van der Waals surface area contributed by atoms with Crippen LogP contribution in [0.2, 0.25) is 0 Å². The molecule has 1 spiro atoms. The molecule has 2 aromatic rings. The van der Waals surface area contributed by atoms with Crippen LogP contribution in [0.15, 0.2) is 48.6 Å². The number of hydrogen-bond donors (Lipinski definition) is 3. The highest BCUT2D eigenvalue weighted by molar-refractivity contribution is 6.07. The number of nitrogens with zero attached hydrogens (tertiary/aromatic N) is 4. The molecule has 16 heteroatoms. The van der Waals surface area contributed by atoms with Crippen LogP contribution in [0, 0.1) is 0 Å². The normalized spacial score (nSPS) is 25.1. The van der Waals surface area contributed by atoms with E-state index in [0.29, 0.717) is 18.5 Å². The first-order valence-corrected chi connectivity index (χ1v) is 15.9. The number of carbonyl (C=O) groups excluding carboxylic acids is 2. The van der Waals surface area contributed by atoms with E-state index in [0.717, 1.165) is 15.4 Å². The molecular weight excluding hydrogens is 656 g/mol. The fraction of sp³-hybridized carbons (Fsp3) is 0.412. The summed E-state index contributed by atoms with van der Waals surface area (Å²) in [4.78, 5) is 57.0. The highest BCUT2D eigenvalue weighted by atomic mass is 16.5. The summed E-state index contributed by atoms with van der Waals surface area (Å²) >= 11 is 0. The number of methoxy groups -OCH3 is 2. The van der Waals surface area contributed by atoms with Gasteiger partial charge in [0.2, 0.25) is 0 Å². The predicted octanol–water partition coefficient (Wildman–Crippen LogP) is 3.13. The van der Waals surface area contributed by atoms with E-state index in [9.17, 15) is 34.5 Å². The molecule has 5 aliphatic heterocycles. The van der Waals surface area contributed by atoms with E-state index < -0.39 is 42.1 Å². The van der Waals surface area contributed by atoms with Gasteiger partial charge in [-0.2, -0.15) is 0 Å². The van der Waals surface area contributed by atoms with Crippen molar-refractivity contribution in [3.05, 3.63) is 59.7 Å². The molecule has 4 amide bonds. The highest BCUT2D eigenvalue weighted by Crippen LogP contribution is 2.51. The van der Waals surface area contributed by atoms with Crippen LogP contribution in [0.3, 0.4) is 0 Å². The van der Waals surface area contributed by atoms with Gasteiger partial charge in [-0.05, 0) is 25.0 Å². The topological polar surface area (TPSA) is 188 Å². The van der Waals surface area contributed by atoms with E-state index >= 15 is 0 Å². The largest absolute Gasteiger partial charge is 0.493 e. The van der Waals surface area contributed by atoms with Crippen molar-refractivity contribution in [2.45, 2.75) is 43.3 Å². The van der Waals surface area contributed by atoms with Gasteiger partial charge in [-0.25, -0.2) is 19.4 Å². The third-order valence-corrected chi connectivity index (χ3v) is 9.83. The Morgan fingerprint density at radius 2 is 1.44 bits per heavy atom. The fourth-order valence-electron chi connectivity index (χ4n) is 7.54. The molecule has 16 nitrogen and oxygen atoms in total. The summed E-state index contributed by atoms with van der Waals surface area (Å²) in [5, 5.41) is 31.4. The van der Waals surface area contributed by atoms with Crippen molar-refractivity contribution in [1.82, 2.24) is 9.80 Å². The Bertz CT molecular complexity index is 1850. The smallest absolute Gasteiger partial charge is 0.414 e. The molecule has 5 aliphatic rings. The van der Waals surface area contributed by atoms with Gasteiger partial charge in [0.15, 0.2) is 35.5 Å². The number of fused-ring (bicyclic) bond motifs is 3. The third kappa shape index (κ3) is 4.96. The molecule has 0 radical (unpaired) electrons. The summed E-state index contributed by atoms with van der Waals surface area (Å²) in [6, 6.07) is 4.86. The van der Waals surface area contributed by atoms with E-state index in [1.54, 1.807) is 4.90 Å². The molecule has 7 rings (SSSR count). The molecular formula is C34H36N4O12. The minimum Gasteiger partial charge on any atom is -0.493 e. The van der Waals surface area contributed by atoms with E-state index in [1.807, 2.05) is 0 Å². The maximum absolute atomic E-state index is 13.8. The standard InChI is InChI=1S/C34H36N4O12/c1-17-8-23-30(41)37(32(42)43)21-11-26(24(46-3)9-19(21)28(39)35(23)14-17)48-6-5-7-49-27-12-22-20(10-25(27)47-4)29(40)36-15-18(2)13-34(36)16-50-31(34)38(22)33(44)45/h9-12,23,30-31,41H,1-2,5-8,13-16H2,3-4H3,(H,42,43)(H,44,45)/t23-,30?,31?,34+/m0/s1. The van der Waals surface area contributed by atoms with Crippen LogP contribution in [0.4, 0.5) is 21.0 Å². The van der Waals surface area contributed by atoms with Crippen molar-refractivity contribution in [2.24, 2.45) is 0 Å². The molecule has 0 saturated carbocycles. The van der Waals surface area contributed by atoms with Gasteiger partial charge in [0, 0.05) is 31.6 Å². The van der Waals surface area contributed by atoms with E-state index in [-0.39, 0.29) is 90.6 Å². The first-order valence-electron chi connectivity index (χ1n) is 15.9. The van der Waals surface area contributed by atoms with Crippen molar-refractivity contribution in [1.29, 1.82) is 0 Å². The maximum Gasteiger partial charge on any atom is 0.414 e. The molecule has 3 N–H and O–H groups in total. The Balaban J connectivity index is 1.09. The monoisotopic (exact) mass is 692 g/mol. The van der Waals surface area contributed by atoms with E-state index in [4.69, 9.17) is 23.7 Å². The van der Waals surface area contributed by atoms with Crippen molar-refractivity contribution < 1.29 is 58.2 Å². The van der Waals surface area contributed by atoms with Crippen LogP contribution in [-0.2, 0) is 4.74 Å². The van der Waals surface area contributed by atoms with Gasteiger partial charge in [-0.15, -0.1) is 0 Å². The maximum atomic E-state index is 13.8. The average molecular weight is 693 g/mol. The van der Waals surface area contributed by atoms with Crippen LogP contribution >= 0.6 is 0 Å². The summed E-state index contributed by atoms with van der Waals surface area (Å²) in [5.74, 6) is -0.0857. The Kier molecular flexibility index (Phi) is 8.02. The molecule has 50 heavy (non-hydrogen) atoms. The molecule has 0 aromatic heterocycles. The second kappa shape index (κ2) is 12.1. The second-order valence-corrected chi connectivity index (χ2v) is 12.8. The first kappa shape index (κ1) is 33.0. The zero-order chi connectivity index (χ0) is 35.6. The van der Waals surface area contributed by atoms with Gasteiger partial charge in [-0.1, -0.05) is 24.3 Å². The summed E-state index contributed by atoms with van der Waals surface area (Å²) in [6.45, 7) is 8.73. The summed E-state index contributed by atoms with van der Waals surface area (Å²) in [6.07, 6.45) is -4.21. The quantitative estimate of drug-likeness (QED) is 0.271. The van der Waals surface area contributed by atoms with Crippen LogP contribution in [0.1, 0.15) is 40.0 Å². The lowest BCUT2D eigenvalue weighted by Gasteiger charge is -2.52. The van der Waals surface area contributed by atoms with Gasteiger partial charge in [-0.3, -0.25) is 9.59 Å². The number of benzene rings is 2. The third-order valence-electron chi connectivity index (χ3n) is 9.83. The number of ether oxygens (including phenoxy) is 5. The van der Waals surface area contributed by atoms with Crippen LogP contribution < -0.4 is 28.7 Å². The van der Waals surface area contributed by atoms with Crippen molar-refractivity contribution in [3.8, 4) is 23.0 Å². The first-order chi connectivity index (χ1) is 23.9. The summed E-state index contributed by atoms with van der Waals surface area (Å²) < 4.78 is 28.7. The zero-order valence-corrected chi connectivity index (χ0v) is 27.4. The number of aliphatic hydroxyl groups is 1. The molecule has 3 saturated heterocycles. The minimum absolute atomic E-state index is 0.0314. The van der Waals surface area contributed by atoms with Gasteiger partial charge >= 0.3 is 12.2 Å². The fourth-order valence-corrected chi connectivity index (χ4v) is 7.54. The Morgan fingerprint density at radius 1 is 0.860 bits per heavy atom. The van der Waals surface area contributed by atoms with Gasteiger partial charge in [0.05, 0.1) is 62.6 Å². The molecule has 264 valence electrons. The number of anilines is 2. The summed E-state index contributed by atoms with van der Waals surface area (Å²) in [7, 11) is 2.79. The number of amides is 4. The second-order valence-electron chi connectivity index (χ2n) is 12.8.